The van der Waals surface area contributed by atoms with Gasteiger partial charge < -0.3 is 20.0 Å². The number of amides is 1. The molecular weight excluding hydrogens is 343 g/mol. The monoisotopic (exact) mass is 360 g/mol. The number of nitrogens with zero attached hydrogens (tertiary/aromatic N) is 1. The molecular formula is C18H17FN2O5. The first-order valence-corrected chi connectivity index (χ1v) is 7.68. The molecule has 0 fully saturated rings. The molecule has 8 heteroatoms. The Balaban J connectivity index is 2.04. The van der Waals surface area contributed by atoms with Gasteiger partial charge in [-0.2, -0.15) is 0 Å². The van der Waals surface area contributed by atoms with Gasteiger partial charge in [0.1, 0.15) is 5.82 Å². The van der Waals surface area contributed by atoms with E-state index < -0.39 is 17.7 Å². The van der Waals surface area contributed by atoms with E-state index >= 15 is 0 Å². The van der Waals surface area contributed by atoms with Crippen LogP contribution in [0.4, 0.5) is 4.39 Å². The van der Waals surface area contributed by atoms with Crippen molar-refractivity contribution in [1.29, 1.82) is 0 Å². The van der Waals surface area contributed by atoms with Crippen LogP contribution in [0.25, 0.3) is 0 Å². The third-order valence-electron chi connectivity index (χ3n) is 3.05. The quantitative estimate of drug-likeness (QED) is 0.442. The molecule has 7 nitrogen and oxygen atoms in total. The second-order valence-electron chi connectivity index (χ2n) is 5.01. The molecule has 0 saturated carbocycles. The summed E-state index contributed by atoms with van der Waals surface area (Å²) in [7, 11) is 0. The lowest BCUT2D eigenvalue weighted by Gasteiger charge is -2.11. The molecule has 136 valence electrons. The molecule has 26 heavy (non-hydrogen) atoms. The van der Waals surface area contributed by atoms with E-state index in [0.717, 1.165) is 12.1 Å². The maximum atomic E-state index is 12.8. The lowest BCUT2D eigenvalue weighted by molar-refractivity contribution is -0.119. The first-order valence-electron chi connectivity index (χ1n) is 7.68. The second kappa shape index (κ2) is 9.16. The molecule has 0 spiro atoms. The third-order valence-corrected chi connectivity index (χ3v) is 3.05. The minimum absolute atomic E-state index is 0.175. The standard InChI is InChI=1S/C18H17FN2O5/c1-2-24-16-9-12(3-8-15(16)25-11-17(20)22)10-21-26-18(23)13-4-6-14(19)7-5-13/h3-10H,2,11H2,1H3,(H2,20,22)/b21-10+. The van der Waals surface area contributed by atoms with E-state index in [1.54, 1.807) is 25.1 Å². The number of hydrogen-bond acceptors (Lipinski definition) is 6. The Kier molecular flexibility index (Phi) is 6.67. The zero-order valence-electron chi connectivity index (χ0n) is 14.0. The van der Waals surface area contributed by atoms with Gasteiger partial charge in [0.25, 0.3) is 5.91 Å². The van der Waals surface area contributed by atoms with Crippen molar-refractivity contribution in [2.45, 2.75) is 6.92 Å². The Labute approximate surface area is 149 Å². The lowest BCUT2D eigenvalue weighted by Crippen LogP contribution is -2.20. The number of rotatable bonds is 8. The van der Waals surface area contributed by atoms with Crippen LogP contribution in [0.1, 0.15) is 22.8 Å². The molecule has 2 aromatic carbocycles. The summed E-state index contributed by atoms with van der Waals surface area (Å²) in [5.41, 5.74) is 5.80. The van der Waals surface area contributed by atoms with Crippen molar-refractivity contribution in [3.63, 3.8) is 0 Å². The Bertz CT molecular complexity index is 806. The summed E-state index contributed by atoms with van der Waals surface area (Å²) in [4.78, 5) is 27.3. The number of carbonyl (C=O) groups is 2. The van der Waals surface area contributed by atoms with E-state index in [-0.39, 0.29) is 12.2 Å². The number of carbonyl (C=O) groups excluding carboxylic acids is 2. The van der Waals surface area contributed by atoms with Gasteiger partial charge in [-0.05, 0) is 49.4 Å². The Morgan fingerprint density at radius 1 is 1.12 bits per heavy atom. The lowest BCUT2D eigenvalue weighted by atomic mass is 10.2. The summed E-state index contributed by atoms with van der Waals surface area (Å²) in [5, 5.41) is 3.61. The number of oxime groups is 1. The minimum Gasteiger partial charge on any atom is -0.490 e. The van der Waals surface area contributed by atoms with E-state index in [0.29, 0.717) is 23.7 Å². The molecule has 0 heterocycles. The zero-order valence-corrected chi connectivity index (χ0v) is 14.0. The normalized spacial score (nSPS) is 10.5. The summed E-state index contributed by atoms with van der Waals surface area (Å²) in [6.45, 7) is 1.90. The van der Waals surface area contributed by atoms with Gasteiger partial charge in [-0.15, -0.1) is 0 Å². The van der Waals surface area contributed by atoms with Crippen LogP contribution in [0.5, 0.6) is 11.5 Å². The van der Waals surface area contributed by atoms with Gasteiger partial charge in [-0.25, -0.2) is 9.18 Å². The fraction of sp³-hybridized carbons (Fsp3) is 0.167. The van der Waals surface area contributed by atoms with Crippen LogP contribution in [-0.4, -0.2) is 31.3 Å². The Hall–Kier alpha value is -3.42. The van der Waals surface area contributed by atoms with Gasteiger partial charge >= 0.3 is 5.97 Å². The van der Waals surface area contributed by atoms with E-state index in [1.807, 2.05) is 0 Å². The third kappa shape index (κ3) is 5.59. The van der Waals surface area contributed by atoms with Crippen LogP contribution < -0.4 is 15.2 Å². The average molecular weight is 360 g/mol. The highest BCUT2D eigenvalue weighted by atomic mass is 19.1. The molecule has 0 aliphatic rings. The van der Waals surface area contributed by atoms with Gasteiger partial charge in [-0.1, -0.05) is 5.16 Å². The van der Waals surface area contributed by atoms with Gasteiger partial charge in [0.05, 0.1) is 18.4 Å². The number of ether oxygens (including phenoxy) is 2. The van der Waals surface area contributed by atoms with Gasteiger partial charge in [-0.3, -0.25) is 4.79 Å². The van der Waals surface area contributed by atoms with E-state index in [2.05, 4.69) is 5.16 Å². The molecule has 0 radical (unpaired) electrons. The van der Waals surface area contributed by atoms with E-state index in [9.17, 15) is 14.0 Å². The van der Waals surface area contributed by atoms with E-state index in [1.165, 1.54) is 18.3 Å². The topological polar surface area (TPSA) is 100 Å². The van der Waals surface area contributed by atoms with Crippen molar-refractivity contribution < 1.29 is 28.3 Å². The molecule has 1 amide bonds. The summed E-state index contributed by atoms with van der Waals surface area (Å²) in [6.07, 6.45) is 1.31. The highest BCUT2D eigenvalue weighted by molar-refractivity contribution is 5.90. The van der Waals surface area contributed by atoms with Gasteiger partial charge in [0, 0.05) is 5.56 Å². The molecule has 2 N–H and O–H groups in total. The van der Waals surface area contributed by atoms with Crippen LogP contribution in [0.15, 0.2) is 47.6 Å². The van der Waals surface area contributed by atoms with Crippen LogP contribution in [-0.2, 0) is 9.63 Å². The molecule has 0 saturated heterocycles. The Morgan fingerprint density at radius 3 is 2.50 bits per heavy atom. The number of nitrogens with two attached hydrogens (primary N) is 1. The summed E-state index contributed by atoms with van der Waals surface area (Å²) in [6, 6.07) is 9.72. The molecule has 2 aromatic rings. The maximum absolute atomic E-state index is 12.8. The van der Waals surface area contributed by atoms with Crippen molar-refractivity contribution in [1.82, 2.24) is 0 Å². The number of hydrogen-bond donors (Lipinski definition) is 1. The predicted octanol–water partition coefficient (Wildman–Crippen LogP) is 2.28. The molecule has 0 aromatic heterocycles. The summed E-state index contributed by atoms with van der Waals surface area (Å²) >= 11 is 0. The number of benzene rings is 2. The molecule has 0 atom stereocenters. The van der Waals surface area contributed by atoms with Crippen molar-refractivity contribution >= 4 is 18.1 Å². The molecule has 0 unspecified atom stereocenters. The van der Waals surface area contributed by atoms with Crippen molar-refractivity contribution in [2.24, 2.45) is 10.9 Å². The van der Waals surface area contributed by atoms with Crippen LogP contribution in [0.2, 0.25) is 0 Å². The molecule has 0 aliphatic heterocycles. The van der Waals surface area contributed by atoms with Crippen molar-refractivity contribution in [3.05, 3.63) is 59.4 Å². The summed E-state index contributed by atoms with van der Waals surface area (Å²) < 4.78 is 23.5. The number of halogens is 1. The van der Waals surface area contributed by atoms with Crippen LogP contribution in [0.3, 0.4) is 0 Å². The SMILES string of the molecule is CCOc1cc(/C=N/OC(=O)c2ccc(F)cc2)ccc1OCC(N)=O. The molecule has 2 rings (SSSR count). The highest BCUT2D eigenvalue weighted by Gasteiger charge is 2.09. The van der Waals surface area contributed by atoms with E-state index in [4.69, 9.17) is 20.0 Å². The fourth-order valence-corrected chi connectivity index (χ4v) is 1.92. The smallest absolute Gasteiger partial charge is 0.365 e. The second-order valence-corrected chi connectivity index (χ2v) is 5.01. The fourth-order valence-electron chi connectivity index (χ4n) is 1.92. The van der Waals surface area contributed by atoms with Crippen molar-refractivity contribution in [2.75, 3.05) is 13.2 Å². The first kappa shape index (κ1) is 18.9. The van der Waals surface area contributed by atoms with Crippen LogP contribution >= 0.6 is 0 Å². The van der Waals surface area contributed by atoms with Crippen molar-refractivity contribution in [3.8, 4) is 11.5 Å². The molecule has 0 aliphatic carbocycles. The van der Waals surface area contributed by atoms with Gasteiger partial charge in [0.2, 0.25) is 0 Å². The van der Waals surface area contributed by atoms with Gasteiger partial charge in [0.15, 0.2) is 18.1 Å². The average Bonchev–Trinajstić information content (AvgIpc) is 2.61. The minimum atomic E-state index is -0.715. The predicted molar refractivity (Wildman–Crippen MR) is 91.7 cm³/mol. The number of primary amides is 1. The first-order chi connectivity index (χ1) is 12.5. The highest BCUT2D eigenvalue weighted by Crippen LogP contribution is 2.28. The summed E-state index contributed by atoms with van der Waals surface area (Å²) in [5.74, 6) is -1.03. The largest absolute Gasteiger partial charge is 0.490 e. The maximum Gasteiger partial charge on any atom is 0.365 e. The van der Waals surface area contributed by atoms with Crippen LogP contribution in [0, 0.1) is 5.82 Å². The zero-order chi connectivity index (χ0) is 18.9. The Morgan fingerprint density at radius 2 is 1.85 bits per heavy atom. The molecule has 0 bridgehead atoms.